The van der Waals surface area contributed by atoms with Gasteiger partial charge in [-0.2, -0.15) is 0 Å². The molecule has 16 heavy (non-hydrogen) atoms. The fourth-order valence-corrected chi connectivity index (χ4v) is 1.77. The fraction of sp³-hybridized carbons (Fsp3) is 0.909. The summed E-state index contributed by atoms with van der Waals surface area (Å²) in [7, 11) is 1.66. The van der Waals surface area contributed by atoms with Gasteiger partial charge in [0.1, 0.15) is 0 Å². The fourth-order valence-electron chi connectivity index (χ4n) is 1.77. The quantitative estimate of drug-likeness (QED) is 0.514. The highest BCUT2D eigenvalue weighted by Gasteiger charge is 2.27. The van der Waals surface area contributed by atoms with Gasteiger partial charge >= 0.3 is 0 Å². The van der Waals surface area contributed by atoms with Gasteiger partial charge in [0.2, 0.25) is 5.91 Å². The molecule has 1 rings (SSSR count). The van der Waals surface area contributed by atoms with E-state index in [4.69, 9.17) is 4.74 Å². The zero-order valence-corrected chi connectivity index (χ0v) is 10.3. The van der Waals surface area contributed by atoms with Crippen LogP contribution in [-0.2, 0) is 9.53 Å². The molecule has 0 bridgehead atoms. The van der Waals surface area contributed by atoms with Crippen LogP contribution in [0.15, 0.2) is 0 Å². The van der Waals surface area contributed by atoms with Gasteiger partial charge in [-0.05, 0) is 26.3 Å². The minimum atomic E-state index is 0.0595. The maximum atomic E-state index is 11.5. The Balaban J connectivity index is 2.05. The van der Waals surface area contributed by atoms with Gasteiger partial charge < -0.3 is 20.7 Å². The van der Waals surface area contributed by atoms with Crippen molar-refractivity contribution in [3.05, 3.63) is 0 Å². The Morgan fingerprint density at radius 1 is 1.56 bits per heavy atom. The molecule has 5 heteroatoms. The minimum Gasteiger partial charge on any atom is -0.385 e. The molecule has 3 N–H and O–H groups in total. The van der Waals surface area contributed by atoms with E-state index in [0.717, 1.165) is 25.9 Å². The molecule has 1 saturated heterocycles. The Bertz CT molecular complexity index is 215. The summed E-state index contributed by atoms with van der Waals surface area (Å²) in [5, 5.41) is 9.44. The predicted molar refractivity (Wildman–Crippen MR) is 63.4 cm³/mol. The molecule has 0 aromatic rings. The Morgan fingerprint density at radius 3 is 3.00 bits per heavy atom. The van der Waals surface area contributed by atoms with Crippen molar-refractivity contribution in [3.63, 3.8) is 0 Å². The van der Waals surface area contributed by atoms with Gasteiger partial charge in [-0.1, -0.05) is 0 Å². The van der Waals surface area contributed by atoms with E-state index in [0.29, 0.717) is 19.7 Å². The second-order valence-electron chi connectivity index (χ2n) is 4.54. The van der Waals surface area contributed by atoms with Crippen LogP contribution in [0.4, 0.5) is 0 Å². The maximum Gasteiger partial charge on any atom is 0.233 e. The van der Waals surface area contributed by atoms with E-state index in [1.54, 1.807) is 7.11 Å². The molecule has 0 saturated carbocycles. The van der Waals surface area contributed by atoms with Crippen LogP contribution in [0.2, 0.25) is 0 Å². The van der Waals surface area contributed by atoms with Gasteiger partial charge in [0.15, 0.2) is 0 Å². The lowest BCUT2D eigenvalue weighted by atomic mass is 10.0. The van der Waals surface area contributed by atoms with E-state index in [2.05, 4.69) is 22.9 Å². The third-order valence-electron chi connectivity index (χ3n) is 2.89. The van der Waals surface area contributed by atoms with Crippen LogP contribution in [-0.4, -0.2) is 51.3 Å². The summed E-state index contributed by atoms with van der Waals surface area (Å²) in [5.41, 5.74) is 0.0733. The van der Waals surface area contributed by atoms with Gasteiger partial charge in [0.05, 0.1) is 6.54 Å². The van der Waals surface area contributed by atoms with Gasteiger partial charge in [-0.15, -0.1) is 0 Å². The number of hydrogen-bond acceptors (Lipinski definition) is 4. The highest BCUT2D eigenvalue weighted by atomic mass is 16.5. The van der Waals surface area contributed by atoms with Crippen molar-refractivity contribution in [1.82, 2.24) is 16.0 Å². The van der Waals surface area contributed by atoms with E-state index in [1.165, 1.54) is 0 Å². The summed E-state index contributed by atoms with van der Waals surface area (Å²) in [4.78, 5) is 11.5. The first-order chi connectivity index (χ1) is 7.66. The monoisotopic (exact) mass is 229 g/mol. The molecular formula is C11H23N3O2. The number of ether oxygens (including phenoxy) is 1. The lowest BCUT2D eigenvalue weighted by Crippen LogP contribution is -2.48. The van der Waals surface area contributed by atoms with Crippen LogP contribution in [0, 0.1) is 0 Å². The third-order valence-corrected chi connectivity index (χ3v) is 2.89. The molecule has 1 atom stereocenters. The van der Waals surface area contributed by atoms with Gasteiger partial charge in [0.25, 0.3) is 0 Å². The van der Waals surface area contributed by atoms with Crippen molar-refractivity contribution in [1.29, 1.82) is 0 Å². The molecule has 5 nitrogen and oxygen atoms in total. The summed E-state index contributed by atoms with van der Waals surface area (Å²) in [6.45, 7) is 5.87. The molecule has 0 aromatic carbocycles. The number of amides is 1. The van der Waals surface area contributed by atoms with E-state index in [9.17, 15) is 4.79 Å². The van der Waals surface area contributed by atoms with Crippen molar-refractivity contribution in [2.75, 3.05) is 39.9 Å². The van der Waals surface area contributed by atoms with Crippen LogP contribution < -0.4 is 16.0 Å². The van der Waals surface area contributed by atoms with Crippen LogP contribution >= 0.6 is 0 Å². The van der Waals surface area contributed by atoms with Gasteiger partial charge in [-0.3, -0.25) is 4.79 Å². The average Bonchev–Trinajstić information content (AvgIpc) is 2.70. The third kappa shape index (κ3) is 4.92. The molecular weight excluding hydrogens is 206 g/mol. The van der Waals surface area contributed by atoms with E-state index in [-0.39, 0.29) is 11.4 Å². The lowest BCUT2D eigenvalue weighted by Gasteiger charge is -2.24. The summed E-state index contributed by atoms with van der Waals surface area (Å²) in [5.74, 6) is 0.0595. The number of methoxy groups -OCH3 is 1. The SMILES string of the molecule is COCCCNC(=O)CNC1(C)CCNC1. The standard InChI is InChI=1S/C11H23N3O2/c1-11(4-6-12-9-11)14-8-10(15)13-5-3-7-16-2/h12,14H,3-9H2,1-2H3,(H,13,15). The van der Waals surface area contributed by atoms with Crippen molar-refractivity contribution in [3.8, 4) is 0 Å². The van der Waals surface area contributed by atoms with Crippen molar-refractivity contribution in [2.24, 2.45) is 0 Å². The largest absolute Gasteiger partial charge is 0.385 e. The smallest absolute Gasteiger partial charge is 0.233 e. The molecule has 0 spiro atoms. The second-order valence-corrected chi connectivity index (χ2v) is 4.54. The Labute approximate surface area is 97.3 Å². The van der Waals surface area contributed by atoms with Crippen molar-refractivity contribution in [2.45, 2.75) is 25.3 Å². The maximum absolute atomic E-state index is 11.5. The number of rotatable bonds is 7. The summed E-state index contributed by atoms with van der Waals surface area (Å²) in [6, 6.07) is 0. The first kappa shape index (κ1) is 13.4. The minimum absolute atomic E-state index is 0.0595. The summed E-state index contributed by atoms with van der Waals surface area (Å²) < 4.78 is 4.91. The Morgan fingerprint density at radius 2 is 2.38 bits per heavy atom. The van der Waals surface area contributed by atoms with Gasteiger partial charge in [-0.25, -0.2) is 0 Å². The first-order valence-corrected chi connectivity index (χ1v) is 5.88. The average molecular weight is 229 g/mol. The Kier molecular flexibility index (Phi) is 5.73. The zero-order chi connectivity index (χ0) is 11.9. The molecule has 1 fully saturated rings. The van der Waals surface area contributed by atoms with E-state index >= 15 is 0 Å². The topological polar surface area (TPSA) is 62.4 Å². The lowest BCUT2D eigenvalue weighted by molar-refractivity contribution is -0.120. The van der Waals surface area contributed by atoms with Crippen molar-refractivity contribution >= 4 is 5.91 Å². The predicted octanol–water partition coefficient (Wildman–Crippen LogP) is -0.519. The summed E-state index contributed by atoms with van der Waals surface area (Å²) in [6.07, 6.45) is 1.94. The van der Waals surface area contributed by atoms with Crippen LogP contribution in [0.3, 0.4) is 0 Å². The molecule has 94 valence electrons. The Hall–Kier alpha value is -0.650. The van der Waals surface area contributed by atoms with Crippen molar-refractivity contribution < 1.29 is 9.53 Å². The molecule has 0 aliphatic carbocycles. The highest BCUT2D eigenvalue weighted by Crippen LogP contribution is 2.12. The molecule has 0 radical (unpaired) electrons. The number of hydrogen-bond donors (Lipinski definition) is 3. The van der Waals surface area contributed by atoms with Crippen LogP contribution in [0.5, 0.6) is 0 Å². The van der Waals surface area contributed by atoms with E-state index < -0.39 is 0 Å². The zero-order valence-electron chi connectivity index (χ0n) is 10.3. The number of nitrogens with one attached hydrogen (secondary N) is 3. The summed E-state index contributed by atoms with van der Waals surface area (Å²) >= 11 is 0. The molecule has 1 aliphatic heterocycles. The normalized spacial score (nSPS) is 24.6. The van der Waals surface area contributed by atoms with Crippen LogP contribution in [0.25, 0.3) is 0 Å². The second kappa shape index (κ2) is 6.83. The molecule has 1 unspecified atom stereocenters. The van der Waals surface area contributed by atoms with E-state index in [1.807, 2.05) is 0 Å². The first-order valence-electron chi connectivity index (χ1n) is 5.88. The van der Waals surface area contributed by atoms with Crippen LogP contribution in [0.1, 0.15) is 19.8 Å². The molecule has 1 amide bonds. The number of carbonyl (C=O) groups excluding carboxylic acids is 1. The molecule has 0 aromatic heterocycles. The highest BCUT2D eigenvalue weighted by molar-refractivity contribution is 5.78. The molecule has 1 heterocycles. The molecule has 1 aliphatic rings. The van der Waals surface area contributed by atoms with Gasteiger partial charge in [0, 0.05) is 32.3 Å². The number of carbonyl (C=O) groups is 1.